The molecule has 0 bridgehead atoms. The fraction of sp³-hybridized carbons (Fsp3) is 0.250. The molecule has 1 aromatic carbocycles. The second-order valence-corrected chi connectivity index (χ2v) is 3.71. The largest absolute Gasteiger partial charge is 0.508 e. The number of hydrogen-bond acceptors (Lipinski definition) is 3. The van der Waals surface area contributed by atoms with Gasteiger partial charge in [-0.15, -0.1) is 0 Å². The van der Waals surface area contributed by atoms with Crippen molar-refractivity contribution in [3.8, 4) is 5.75 Å². The fourth-order valence-corrected chi connectivity index (χ4v) is 1.54. The van der Waals surface area contributed by atoms with Gasteiger partial charge in [0.1, 0.15) is 5.75 Å². The lowest BCUT2D eigenvalue weighted by Crippen LogP contribution is -2.13. The molecule has 4 nitrogen and oxygen atoms in total. The second-order valence-electron chi connectivity index (χ2n) is 3.71. The number of para-hydroxylation sites is 1. The molecular weight excluding hydrogens is 202 g/mol. The summed E-state index contributed by atoms with van der Waals surface area (Å²) in [6.45, 7) is 1.35. The molecule has 0 spiro atoms. The number of benzene rings is 1. The molecule has 0 aliphatic heterocycles. The Kier molecular flexibility index (Phi) is 3.22. The van der Waals surface area contributed by atoms with Gasteiger partial charge in [0, 0.05) is 31.9 Å². The van der Waals surface area contributed by atoms with Gasteiger partial charge in [0.15, 0.2) is 0 Å². The Morgan fingerprint density at radius 2 is 2.06 bits per heavy atom. The van der Waals surface area contributed by atoms with Crippen LogP contribution in [0, 0.1) is 0 Å². The van der Waals surface area contributed by atoms with E-state index < -0.39 is 0 Å². The number of aromatic nitrogens is 2. The lowest BCUT2D eigenvalue weighted by Gasteiger charge is -2.04. The maximum atomic E-state index is 9.55. The molecule has 2 rings (SSSR count). The van der Waals surface area contributed by atoms with Crippen LogP contribution in [0.2, 0.25) is 0 Å². The Hall–Kier alpha value is -1.81. The molecule has 0 saturated carbocycles. The van der Waals surface area contributed by atoms with Crippen LogP contribution < -0.4 is 5.32 Å². The van der Waals surface area contributed by atoms with Gasteiger partial charge in [-0.25, -0.2) is 0 Å². The molecule has 2 N–H and O–H groups in total. The third-order valence-corrected chi connectivity index (χ3v) is 2.38. The van der Waals surface area contributed by atoms with Crippen LogP contribution in [0.3, 0.4) is 0 Å². The Morgan fingerprint density at radius 1 is 1.25 bits per heavy atom. The molecule has 0 fully saturated rings. The van der Waals surface area contributed by atoms with Gasteiger partial charge in [-0.05, 0) is 12.1 Å². The molecular formula is C12H15N3O. The zero-order valence-electron chi connectivity index (χ0n) is 9.22. The van der Waals surface area contributed by atoms with E-state index in [4.69, 9.17) is 0 Å². The van der Waals surface area contributed by atoms with Crippen LogP contribution in [-0.2, 0) is 20.1 Å². The van der Waals surface area contributed by atoms with Gasteiger partial charge in [0.25, 0.3) is 0 Å². The normalized spacial score (nSPS) is 10.6. The molecule has 1 aromatic heterocycles. The van der Waals surface area contributed by atoms with Gasteiger partial charge in [0.05, 0.1) is 5.69 Å². The van der Waals surface area contributed by atoms with Crippen LogP contribution in [-0.4, -0.2) is 14.9 Å². The Balaban J connectivity index is 1.87. The van der Waals surface area contributed by atoms with Crippen molar-refractivity contribution in [2.45, 2.75) is 13.1 Å². The number of nitrogens with zero attached hydrogens (tertiary/aromatic N) is 2. The Bertz CT molecular complexity index is 465. The first-order valence-electron chi connectivity index (χ1n) is 5.22. The lowest BCUT2D eigenvalue weighted by molar-refractivity contribution is 0.464. The maximum Gasteiger partial charge on any atom is 0.120 e. The summed E-state index contributed by atoms with van der Waals surface area (Å²) in [6.07, 6.45) is 1.91. The average Bonchev–Trinajstić information content (AvgIpc) is 2.67. The van der Waals surface area contributed by atoms with E-state index >= 15 is 0 Å². The van der Waals surface area contributed by atoms with Gasteiger partial charge in [-0.3, -0.25) is 4.68 Å². The standard InChI is InChI=1S/C12H15N3O/c1-15-7-6-11(14-15)9-13-8-10-4-2-3-5-12(10)16/h2-7,13,16H,8-9H2,1H3. The predicted molar refractivity (Wildman–Crippen MR) is 61.9 cm³/mol. The van der Waals surface area contributed by atoms with Gasteiger partial charge in [0.2, 0.25) is 0 Å². The van der Waals surface area contributed by atoms with E-state index in [-0.39, 0.29) is 0 Å². The highest BCUT2D eigenvalue weighted by Gasteiger charge is 2.00. The molecule has 0 atom stereocenters. The van der Waals surface area contributed by atoms with Gasteiger partial charge in [-0.2, -0.15) is 5.10 Å². The van der Waals surface area contributed by atoms with Crippen molar-refractivity contribution < 1.29 is 5.11 Å². The Labute approximate surface area is 94.5 Å². The zero-order valence-corrected chi connectivity index (χ0v) is 9.22. The van der Waals surface area contributed by atoms with Crippen molar-refractivity contribution in [1.29, 1.82) is 0 Å². The van der Waals surface area contributed by atoms with E-state index in [1.54, 1.807) is 10.7 Å². The van der Waals surface area contributed by atoms with E-state index in [1.807, 2.05) is 37.5 Å². The topological polar surface area (TPSA) is 50.1 Å². The van der Waals surface area contributed by atoms with E-state index in [9.17, 15) is 5.11 Å². The zero-order chi connectivity index (χ0) is 11.4. The summed E-state index contributed by atoms with van der Waals surface area (Å²) in [4.78, 5) is 0. The number of hydrogen-bond donors (Lipinski definition) is 2. The van der Waals surface area contributed by atoms with Crippen molar-refractivity contribution in [3.63, 3.8) is 0 Å². The first kappa shape index (κ1) is 10.7. The Morgan fingerprint density at radius 3 is 2.75 bits per heavy atom. The van der Waals surface area contributed by atoms with E-state index in [0.29, 0.717) is 18.8 Å². The number of aryl methyl sites for hydroxylation is 1. The smallest absolute Gasteiger partial charge is 0.120 e. The highest BCUT2D eigenvalue weighted by Crippen LogP contribution is 2.14. The van der Waals surface area contributed by atoms with Crippen LogP contribution in [0.4, 0.5) is 0 Å². The molecule has 0 unspecified atom stereocenters. The molecule has 0 aliphatic rings. The first-order valence-corrected chi connectivity index (χ1v) is 5.22. The highest BCUT2D eigenvalue weighted by atomic mass is 16.3. The van der Waals surface area contributed by atoms with Gasteiger partial charge >= 0.3 is 0 Å². The van der Waals surface area contributed by atoms with Crippen molar-refractivity contribution in [1.82, 2.24) is 15.1 Å². The van der Waals surface area contributed by atoms with Crippen LogP contribution in [0.5, 0.6) is 5.75 Å². The summed E-state index contributed by atoms with van der Waals surface area (Å²) in [5, 5.41) is 17.0. The summed E-state index contributed by atoms with van der Waals surface area (Å²) < 4.78 is 1.77. The van der Waals surface area contributed by atoms with Crippen LogP contribution in [0.15, 0.2) is 36.5 Å². The predicted octanol–water partition coefficient (Wildman–Crippen LogP) is 1.42. The molecule has 4 heteroatoms. The summed E-state index contributed by atoms with van der Waals surface area (Å²) in [5.41, 5.74) is 1.90. The van der Waals surface area contributed by atoms with Crippen molar-refractivity contribution in [2.75, 3.05) is 0 Å². The van der Waals surface area contributed by atoms with Gasteiger partial charge < -0.3 is 10.4 Å². The average molecular weight is 217 g/mol. The molecule has 16 heavy (non-hydrogen) atoms. The summed E-state index contributed by atoms with van der Waals surface area (Å²) >= 11 is 0. The highest BCUT2D eigenvalue weighted by molar-refractivity contribution is 5.31. The van der Waals surface area contributed by atoms with E-state index in [2.05, 4.69) is 10.4 Å². The first-order chi connectivity index (χ1) is 7.75. The van der Waals surface area contributed by atoms with Crippen LogP contribution in [0.25, 0.3) is 0 Å². The van der Waals surface area contributed by atoms with Crippen LogP contribution >= 0.6 is 0 Å². The molecule has 0 saturated heterocycles. The van der Waals surface area contributed by atoms with E-state index in [0.717, 1.165) is 11.3 Å². The minimum absolute atomic E-state index is 0.330. The molecule has 1 heterocycles. The fourth-order valence-electron chi connectivity index (χ4n) is 1.54. The quantitative estimate of drug-likeness (QED) is 0.814. The van der Waals surface area contributed by atoms with E-state index in [1.165, 1.54) is 0 Å². The SMILES string of the molecule is Cn1ccc(CNCc2ccccc2O)n1. The summed E-state index contributed by atoms with van der Waals surface area (Å²) in [5.74, 6) is 0.330. The number of phenols is 1. The number of rotatable bonds is 4. The van der Waals surface area contributed by atoms with Crippen molar-refractivity contribution >= 4 is 0 Å². The number of phenolic OH excluding ortho intramolecular Hbond substituents is 1. The second kappa shape index (κ2) is 4.81. The lowest BCUT2D eigenvalue weighted by atomic mass is 10.2. The summed E-state index contributed by atoms with van der Waals surface area (Å²) in [6, 6.07) is 9.30. The minimum Gasteiger partial charge on any atom is -0.508 e. The molecule has 2 aromatic rings. The third-order valence-electron chi connectivity index (χ3n) is 2.38. The monoisotopic (exact) mass is 217 g/mol. The number of nitrogens with one attached hydrogen (secondary N) is 1. The van der Waals surface area contributed by atoms with Gasteiger partial charge in [-0.1, -0.05) is 18.2 Å². The molecule has 84 valence electrons. The third kappa shape index (κ3) is 2.61. The van der Waals surface area contributed by atoms with Crippen molar-refractivity contribution in [3.05, 3.63) is 47.8 Å². The summed E-state index contributed by atoms with van der Waals surface area (Å²) in [7, 11) is 1.90. The molecule has 0 radical (unpaired) electrons. The number of aromatic hydroxyl groups is 1. The molecule has 0 aliphatic carbocycles. The molecule has 0 amide bonds. The minimum atomic E-state index is 0.330. The van der Waals surface area contributed by atoms with Crippen molar-refractivity contribution in [2.24, 2.45) is 7.05 Å². The van der Waals surface area contributed by atoms with Crippen LogP contribution in [0.1, 0.15) is 11.3 Å². The maximum absolute atomic E-state index is 9.55.